The minimum absolute atomic E-state index is 0.0851. The average Bonchev–Trinajstić information content (AvgIpc) is 2.90. The van der Waals surface area contributed by atoms with Crippen molar-refractivity contribution < 1.29 is 9.13 Å². The molecule has 2 aromatic carbocycles. The average molecular weight is 457 g/mol. The number of pyridine rings is 1. The molecule has 4 nitrogen and oxygen atoms in total. The van der Waals surface area contributed by atoms with Gasteiger partial charge in [0.05, 0.1) is 24.4 Å². The van der Waals surface area contributed by atoms with Crippen molar-refractivity contribution in [2.24, 2.45) is 12.0 Å². The van der Waals surface area contributed by atoms with E-state index >= 15 is 0 Å². The minimum atomic E-state index is -0.524. The maximum Gasteiger partial charge on any atom is 0.250 e. The third kappa shape index (κ3) is 4.14. The molecule has 0 unspecified atom stereocenters. The second-order valence-electron chi connectivity index (χ2n) is 7.31. The number of aryl methyl sites for hydroxylation is 1. The molecule has 0 amide bonds. The Labute approximate surface area is 189 Å². The Morgan fingerprint density at radius 1 is 1.16 bits per heavy atom. The fourth-order valence-electron chi connectivity index (χ4n) is 3.72. The molecule has 1 aliphatic heterocycles. The number of thioether (sulfide) groups is 1. The summed E-state index contributed by atoms with van der Waals surface area (Å²) in [5.41, 5.74) is 6.03. The largest absolute Gasteiger partial charge is 0.494 e. The lowest BCUT2D eigenvalue weighted by atomic mass is 9.91. The second-order valence-corrected chi connectivity index (χ2v) is 8.99. The first kappa shape index (κ1) is 21.7. The summed E-state index contributed by atoms with van der Waals surface area (Å²) in [5, 5.41) is 0.259. The molecule has 160 valence electrons. The van der Waals surface area contributed by atoms with Crippen LogP contribution in [0.3, 0.4) is 0 Å². The first-order valence-corrected chi connectivity index (χ1v) is 11.4. The van der Waals surface area contributed by atoms with Crippen LogP contribution in [-0.2, 0) is 19.3 Å². The van der Waals surface area contributed by atoms with Crippen LogP contribution in [0.5, 0.6) is 5.75 Å². The van der Waals surface area contributed by atoms with Crippen molar-refractivity contribution in [2.45, 2.75) is 19.2 Å². The van der Waals surface area contributed by atoms with Crippen molar-refractivity contribution >= 4 is 29.1 Å². The Hall–Kier alpha value is -2.57. The molecule has 0 bridgehead atoms. The van der Waals surface area contributed by atoms with Crippen LogP contribution in [0.15, 0.2) is 52.4 Å². The lowest BCUT2D eigenvalue weighted by molar-refractivity contribution is 0.386. The Morgan fingerprint density at radius 3 is 2.71 bits per heavy atom. The summed E-state index contributed by atoms with van der Waals surface area (Å²) < 4.78 is 20.9. The fraction of sp³-hybridized carbons (Fsp3) is 0.250. The lowest BCUT2D eigenvalue weighted by Gasteiger charge is -2.15. The first-order valence-electron chi connectivity index (χ1n) is 9.91. The molecule has 0 atom stereocenters. The molecule has 1 aliphatic rings. The van der Waals surface area contributed by atoms with Gasteiger partial charge in [0.2, 0.25) is 0 Å². The molecule has 0 saturated carbocycles. The molecule has 0 saturated heterocycles. The van der Waals surface area contributed by atoms with Crippen molar-refractivity contribution in [3.8, 4) is 16.9 Å². The summed E-state index contributed by atoms with van der Waals surface area (Å²) in [6.07, 6.45) is 1.86. The van der Waals surface area contributed by atoms with Gasteiger partial charge in [-0.2, -0.15) is 11.8 Å². The van der Waals surface area contributed by atoms with Crippen LogP contribution in [0, 0.1) is 5.82 Å². The standard InChI is InChI=1S/C24H22ClFN2O2S/c1-4-31-13-14-5-6-16-17(7-14)19-12-28(2)23(29)8-15(19)11-27-24(16)18-9-22(30-3)21(26)10-20(18)25/h5-10,12H,4,11,13H2,1-3H3. The van der Waals surface area contributed by atoms with E-state index in [-0.39, 0.29) is 16.3 Å². The summed E-state index contributed by atoms with van der Waals surface area (Å²) in [5.74, 6) is 1.50. The Balaban J connectivity index is 1.97. The van der Waals surface area contributed by atoms with Crippen LogP contribution in [0.25, 0.3) is 11.1 Å². The van der Waals surface area contributed by atoms with Crippen LogP contribution in [-0.4, -0.2) is 23.1 Å². The van der Waals surface area contributed by atoms with Crippen molar-refractivity contribution in [1.82, 2.24) is 4.57 Å². The van der Waals surface area contributed by atoms with Gasteiger partial charge in [0.1, 0.15) is 0 Å². The zero-order chi connectivity index (χ0) is 22.1. The topological polar surface area (TPSA) is 43.6 Å². The number of nitrogens with zero attached hydrogens (tertiary/aromatic N) is 2. The van der Waals surface area contributed by atoms with Crippen molar-refractivity contribution in [3.63, 3.8) is 0 Å². The highest BCUT2D eigenvalue weighted by Crippen LogP contribution is 2.36. The number of methoxy groups -OCH3 is 1. The Kier molecular flexibility index (Phi) is 6.21. The number of aromatic nitrogens is 1. The molecule has 0 radical (unpaired) electrons. The molecular formula is C24H22ClFN2O2S. The molecule has 31 heavy (non-hydrogen) atoms. The zero-order valence-electron chi connectivity index (χ0n) is 17.5. The van der Waals surface area contributed by atoms with E-state index in [1.807, 2.05) is 24.0 Å². The van der Waals surface area contributed by atoms with Gasteiger partial charge in [-0.3, -0.25) is 9.79 Å². The summed E-state index contributed by atoms with van der Waals surface area (Å²) in [6, 6.07) is 10.7. The van der Waals surface area contributed by atoms with E-state index in [0.29, 0.717) is 17.8 Å². The Morgan fingerprint density at radius 2 is 1.97 bits per heavy atom. The predicted molar refractivity (Wildman–Crippen MR) is 126 cm³/mol. The van der Waals surface area contributed by atoms with Crippen LogP contribution in [0.4, 0.5) is 4.39 Å². The Bertz CT molecular complexity index is 1250. The maximum absolute atomic E-state index is 14.2. The summed E-state index contributed by atoms with van der Waals surface area (Å²) in [6.45, 7) is 2.46. The van der Waals surface area contributed by atoms with Gasteiger partial charge in [-0.1, -0.05) is 30.7 Å². The van der Waals surface area contributed by atoms with Crippen molar-refractivity contribution in [1.29, 1.82) is 0 Å². The summed E-state index contributed by atoms with van der Waals surface area (Å²) >= 11 is 8.28. The number of hydrogen-bond donors (Lipinski definition) is 0. The molecule has 0 fully saturated rings. The van der Waals surface area contributed by atoms with Gasteiger partial charge in [0.15, 0.2) is 11.6 Å². The number of benzene rings is 2. The van der Waals surface area contributed by atoms with Gasteiger partial charge < -0.3 is 9.30 Å². The smallest absolute Gasteiger partial charge is 0.250 e. The highest BCUT2D eigenvalue weighted by molar-refractivity contribution is 7.98. The number of rotatable bonds is 5. The van der Waals surface area contributed by atoms with Crippen LogP contribution in [0.1, 0.15) is 29.2 Å². The van der Waals surface area contributed by atoms with Crippen LogP contribution < -0.4 is 10.3 Å². The third-order valence-corrected chi connectivity index (χ3v) is 6.58. The molecule has 0 spiro atoms. The van der Waals surface area contributed by atoms with Crippen molar-refractivity contribution in [2.75, 3.05) is 12.9 Å². The number of halogens is 2. The maximum atomic E-state index is 14.2. The van der Waals surface area contributed by atoms with Gasteiger partial charge in [-0.05, 0) is 40.6 Å². The first-order chi connectivity index (χ1) is 14.9. The molecule has 7 heteroatoms. The van der Waals surface area contributed by atoms with Gasteiger partial charge in [0, 0.05) is 41.8 Å². The van der Waals surface area contributed by atoms with E-state index in [0.717, 1.165) is 33.8 Å². The van der Waals surface area contributed by atoms with E-state index in [4.69, 9.17) is 21.3 Å². The fourth-order valence-corrected chi connectivity index (χ4v) is 4.58. The van der Waals surface area contributed by atoms with E-state index in [2.05, 4.69) is 19.1 Å². The van der Waals surface area contributed by atoms with Gasteiger partial charge in [-0.15, -0.1) is 0 Å². The van der Waals surface area contributed by atoms with Crippen LogP contribution >= 0.6 is 23.4 Å². The van der Waals surface area contributed by atoms with E-state index in [1.54, 1.807) is 23.7 Å². The molecule has 2 heterocycles. The van der Waals surface area contributed by atoms with Crippen molar-refractivity contribution in [3.05, 3.63) is 86.0 Å². The normalized spacial score (nSPS) is 12.6. The summed E-state index contributed by atoms with van der Waals surface area (Å²) in [7, 11) is 3.16. The second kappa shape index (κ2) is 8.89. The molecule has 1 aromatic heterocycles. The number of ether oxygens (including phenoxy) is 1. The predicted octanol–water partition coefficient (Wildman–Crippen LogP) is 5.46. The molecule has 3 aromatic rings. The SMILES string of the molecule is CCSCc1ccc2c(c1)-c1cn(C)c(=O)cc1CN=C2c1cc(OC)c(F)cc1Cl. The number of aliphatic imine (C=N–C) groups is 1. The molecule has 4 rings (SSSR count). The molecule has 0 N–H and O–H groups in total. The van der Waals surface area contributed by atoms with Gasteiger partial charge in [-0.25, -0.2) is 4.39 Å². The van der Waals surface area contributed by atoms with Gasteiger partial charge >= 0.3 is 0 Å². The lowest BCUT2D eigenvalue weighted by Crippen LogP contribution is -2.16. The van der Waals surface area contributed by atoms with E-state index in [1.165, 1.54) is 18.7 Å². The number of hydrogen-bond acceptors (Lipinski definition) is 4. The highest BCUT2D eigenvalue weighted by Gasteiger charge is 2.23. The quantitative estimate of drug-likeness (QED) is 0.512. The summed E-state index contributed by atoms with van der Waals surface area (Å²) in [4.78, 5) is 17.1. The molecular weight excluding hydrogens is 435 g/mol. The monoisotopic (exact) mass is 456 g/mol. The molecule has 0 aliphatic carbocycles. The number of fused-ring (bicyclic) bond motifs is 3. The highest BCUT2D eigenvalue weighted by atomic mass is 35.5. The van der Waals surface area contributed by atoms with E-state index in [9.17, 15) is 9.18 Å². The minimum Gasteiger partial charge on any atom is -0.494 e. The van der Waals surface area contributed by atoms with Crippen LogP contribution in [0.2, 0.25) is 5.02 Å². The van der Waals surface area contributed by atoms with E-state index < -0.39 is 5.82 Å². The van der Waals surface area contributed by atoms with Gasteiger partial charge in [0.25, 0.3) is 5.56 Å². The third-order valence-electron chi connectivity index (χ3n) is 5.32. The zero-order valence-corrected chi connectivity index (χ0v) is 19.1.